The molecule has 1 aromatic heterocycles. The van der Waals surface area contributed by atoms with Gasteiger partial charge in [-0.25, -0.2) is 0 Å². The van der Waals surface area contributed by atoms with Crippen LogP contribution in [-0.4, -0.2) is 26.6 Å². The van der Waals surface area contributed by atoms with Gasteiger partial charge in [0, 0.05) is 18.3 Å². The minimum Gasteiger partial charge on any atom is -0.309 e. The van der Waals surface area contributed by atoms with Gasteiger partial charge in [0.15, 0.2) is 5.16 Å². The van der Waals surface area contributed by atoms with Crippen molar-refractivity contribution in [2.45, 2.75) is 43.1 Å². The van der Waals surface area contributed by atoms with Crippen molar-refractivity contribution in [3.8, 4) is 0 Å². The van der Waals surface area contributed by atoms with Crippen LogP contribution in [0.4, 0.5) is 0 Å². The Balaban J connectivity index is 1.83. The minimum absolute atomic E-state index is 0.406. The zero-order valence-electron chi connectivity index (χ0n) is 12.8. The van der Waals surface area contributed by atoms with Gasteiger partial charge in [0.2, 0.25) is 0 Å². The molecule has 21 heavy (non-hydrogen) atoms. The fraction of sp³-hybridized carbons (Fsp3) is 0.500. The molecule has 4 nitrogen and oxygen atoms in total. The van der Waals surface area contributed by atoms with Crippen molar-refractivity contribution in [2.75, 3.05) is 6.54 Å². The van der Waals surface area contributed by atoms with Gasteiger partial charge in [0.1, 0.15) is 5.82 Å². The summed E-state index contributed by atoms with van der Waals surface area (Å²) in [5.74, 6) is 0.964. The number of nitrogens with zero attached hydrogens (tertiary/aromatic N) is 3. The zero-order valence-corrected chi connectivity index (χ0v) is 13.7. The summed E-state index contributed by atoms with van der Waals surface area (Å²) in [6.45, 7) is 5.25. The van der Waals surface area contributed by atoms with E-state index < -0.39 is 0 Å². The predicted octanol–water partition coefficient (Wildman–Crippen LogP) is 2.88. The van der Waals surface area contributed by atoms with Gasteiger partial charge in [-0.15, -0.1) is 10.2 Å². The highest BCUT2D eigenvalue weighted by atomic mass is 32.2. The third-order valence-corrected chi connectivity index (χ3v) is 5.41. The van der Waals surface area contributed by atoms with E-state index in [9.17, 15) is 0 Å². The molecule has 0 spiro atoms. The van der Waals surface area contributed by atoms with Gasteiger partial charge >= 0.3 is 0 Å². The molecule has 1 aliphatic carbocycles. The first-order chi connectivity index (χ1) is 10.2. The summed E-state index contributed by atoms with van der Waals surface area (Å²) in [5, 5.41) is 13.7. The Morgan fingerprint density at radius 3 is 2.86 bits per heavy atom. The van der Waals surface area contributed by atoms with Crippen LogP contribution in [0.25, 0.3) is 0 Å². The van der Waals surface area contributed by atoms with E-state index in [0.717, 1.165) is 30.4 Å². The van der Waals surface area contributed by atoms with Crippen LogP contribution in [0.2, 0.25) is 0 Å². The number of rotatable bonds is 5. The molecule has 0 bridgehead atoms. The Morgan fingerprint density at radius 1 is 1.33 bits per heavy atom. The van der Waals surface area contributed by atoms with Gasteiger partial charge in [-0.05, 0) is 37.4 Å². The lowest BCUT2D eigenvalue weighted by atomic mass is 10.1. The fourth-order valence-electron chi connectivity index (χ4n) is 2.84. The Kier molecular flexibility index (Phi) is 4.31. The molecule has 0 amide bonds. The molecule has 1 aliphatic rings. The molecular weight excluding hydrogens is 280 g/mol. The Hall–Kier alpha value is -1.33. The molecule has 0 aliphatic heterocycles. The summed E-state index contributed by atoms with van der Waals surface area (Å²) in [6.07, 6.45) is 2.24. The predicted molar refractivity (Wildman–Crippen MR) is 86.6 cm³/mol. The van der Waals surface area contributed by atoms with Crippen molar-refractivity contribution in [2.24, 2.45) is 7.05 Å². The van der Waals surface area contributed by atoms with Crippen molar-refractivity contribution >= 4 is 11.8 Å². The van der Waals surface area contributed by atoms with Crippen molar-refractivity contribution < 1.29 is 0 Å². The number of aryl methyl sites for hydroxylation is 1. The molecule has 2 unspecified atom stereocenters. The number of aromatic nitrogens is 3. The molecule has 1 aromatic carbocycles. The Labute approximate surface area is 130 Å². The van der Waals surface area contributed by atoms with Gasteiger partial charge in [-0.2, -0.15) is 0 Å². The molecule has 112 valence electrons. The lowest BCUT2D eigenvalue weighted by Gasteiger charge is -2.21. The van der Waals surface area contributed by atoms with Gasteiger partial charge < -0.3 is 9.88 Å². The second kappa shape index (κ2) is 6.20. The molecule has 2 aromatic rings. The lowest BCUT2D eigenvalue weighted by molar-refractivity contribution is 0.537. The highest BCUT2D eigenvalue weighted by Crippen LogP contribution is 2.40. The maximum atomic E-state index is 4.30. The highest BCUT2D eigenvalue weighted by molar-refractivity contribution is 7.99. The molecule has 0 saturated carbocycles. The van der Waals surface area contributed by atoms with Crippen LogP contribution in [0.3, 0.4) is 0 Å². The second-order valence-corrected chi connectivity index (χ2v) is 6.79. The SMILES string of the molecule is CCCNC1c2ccccc2CC1Sc1nnc(C)n1C. The molecule has 1 heterocycles. The average molecular weight is 302 g/mol. The normalized spacial score (nSPS) is 20.7. The van der Waals surface area contributed by atoms with Crippen molar-refractivity contribution in [1.82, 2.24) is 20.1 Å². The van der Waals surface area contributed by atoms with Gasteiger partial charge in [-0.3, -0.25) is 0 Å². The number of hydrogen-bond acceptors (Lipinski definition) is 4. The van der Waals surface area contributed by atoms with Crippen LogP contribution in [0.5, 0.6) is 0 Å². The molecule has 2 atom stereocenters. The standard InChI is InChI=1S/C16H22N4S/c1-4-9-17-15-13-8-6-5-7-12(13)10-14(15)21-16-19-18-11(2)20(16)3/h5-8,14-15,17H,4,9-10H2,1-3H3. The van der Waals surface area contributed by atoms with Crippen LogP contribution in [0, 0.1) is 6.92 Å². The van der Waals surface area contributed by atoms with E-state index in [1.807, 2.05) is 25.7 Å². The summed E-state index contributed by atoms with van der Waals surface area (Å²) in [7, 11) is 2.04. The first-order valence-electron chi connectivity index (χ1n) is 7.54. The van der Waals surface area contributed by atoms with Gasteiger partial charge in [0.05, 0.1) is 0 Å². The van der Waals surface area contributed by atoms with Crippen LogP contribution >= 0.6 is 11.8 Å². The number of fused-ring (bicyclic) bond motifs is 1. The van der Waals surface area contributed by atoms with E-state index in [1.54, 1.807) is 0 Å². The molecule has 0 fully saturated rings. The maximum Gasteiger partial charge on any atom is 0.191 e. The van der Waals surface area contributed by atoms with Crippen LogP contribution < -0.4 is 5.32 Å². The number of thioether (sulfide) groups is 1. The first-order valence-corrected chi connectivity index (χ1v) is 8.42. The molecule has 1 N–H and O–H groups in total. The lowest BCUT2D eigenvalue weighted by Crippen LogP contribution is -2.28. The van der Waals surface area contributed by atoms with E-state index in [2.05, 4.69) is 51.3 Å². The number of benzene rings is 1. The van der Waals surface area contributed by atoms with Gasteiger partial charge in [0.25, 0.3) is 0 Å². The van der Waals surface area contributed by atoms with E-state index in [-0.39, 0.29) is 0 Å². The second-order valence-electron chi connectivity index (χ2n) is 5.58. The summed E-state index contributed by atoms with van der Waals surface area (Å²) in [5.41, 5.74) is 2.91. The summed E-state index contributed by atoms with van der Waals surface area (Å²) in [6, 6.07) is 9.18. The topological polar surface area (TPSA) is 42.7 Å². The maximum absolute atomic E-state index is 4.30. The largest absolute Gasteiger partial charge is 0.309 e. The molecule has 3 rings (SSSR count). The smallest absolute Gasteiger partial charge is 0.191 e. The third-order valence-electron chi connectivity index (χ3n) is 4.11. The molecular formula is C16H22N4S. The monoisotopic (exact) mass is 302 g/mol. The Morgan fingerprint density at radius 2 is 2.14 bits per heavy atom. The summed E-state index contributed by atoms with van der Waals surface area (Å²) >= 11 is 1.84. The number of hydrogen-bond donors (Lipinski definition) is 1. The van der Waals surface area contributed by atoms with Crippen molar-refractivity contribution in [3.63, 3.8) is 0 Å². The first kappa shape index (κ1) is 14.6. The Bertz CT molecular complexity index is 622. The highest BCUT2D eigenvalue weighted by Gasteiger charge is 2.33. The molecule has 0 radical (unpaired) electrons. The minimum atomic E-state index is 0.406. The average Bonchev–Trinajstić information content (AvgIpc) is 3.00. The zero-order chi connectivity index (χ0) is 14.8. The fourth-order valence-corrected chi connectivity index (χ4v) is 4.13. The van der Waals surface area contributed by atoms with Crippen molar-refractivity contribution in [3.05, 3.63) is 41.2 Å². The summed E-state index contributed by atoms with van der Waals surface area (Å²) < 4.78 is 2.07. The summed E-state index contributed by atoms with van der Waals surface area (Å²) in [4.78, 5) is 0. The van der Waals surface area contributed by atoms with Crippen LogP contribution in [0.1, 0.15) is 36.3 Å². The number of nitrogens with one attached hydrogen (secondary N) is 1. The van der Waals surface area contributed by atoms with E-state index in [0.29, 0.717) is 11.3 Å². The quantitative estimate of drug-likeness (QED) is 0.922. The van der Waals surface area contributed by atoms with E-state index >= 15 is 0 Å². The third kappa shape index (κ3) is 2.85. The molecule has 0 saturated heterocycles. The van der Waals surface area contributed by atoms with Crippen LogP contribution in [-0.2, 0) is 13.5 Å². The van der Waals surface area contributed by atoms with Gasteiger partial charge in [-0.1, -0.05) is 43.0 Å². The van der Waals surface area contributed by atoms with Crippen LogP contribution in [0.15, 0.2) is 29.4 Å². The van der Waals surface area contributed by atoms with Crippen molar-refractivity contribution in [1.29, 1.82) is 0 Å². The van der Waals surface area contributed by atoms with E-state index in [4.69, 9.17) is 0 Å². The van der Waals surface area contributed by atoms with E-state index in [1.165, 1.54) is 11.1 Å². The molecule has 5 heteroatoms.